The van der Waals surface area contributed by atoms with Crippen LogP contribution in [-0.2, 0) is 6.42 Å². The standard InChI is InChI=1S/C14H21N3S/c1-5-7-11-16-13(15-8-6-2)12-9(3)10(4)18-14(12)17-11/h5-8H2,1-4H3,(H,15,16,17). The van der Waals surface area contributed by atoms with Crippen LogP contribution in [0, 0.1) is 13.8 Å². The molecule has 2 rings (SSSR count). The SMILES string of the molecule is CCCNc1nc(CCC)nc2sc(C)c(C)c12. The summed E-state index contributed by atoms with van der Waals surface area (Å²) >= 11 is 1.78. The zero-order chi connectivity index (χ0) is 13.1. The lowest BCUT2D eigenvalue weighted by atomic mass is 10.2. The van der Waals surface area contributed by atoms with Crippen LogP contribution in [0.25, 0.3) is 10.2 Å². The number of aryl methyl sites for hydroxylation is 3. The number of thiophene rings is 1. The highest BCUT2D eigenvalue weighted by atomic mass is 32.1. The highest BCUT2D eigenvalue weighted by Crippen LogP contribution is 2.33. The highest BCUT2D eigenvalue weighted by molar-refractivity contribution is 7.18. The third-order valence-electron chi connectivity index (χ3n) is 3.09. The Kier molecular flexibility index (Phi) is 4.17. The predicted molar refractivity (Wildman–Crippen MR) is 79.7 cm³/mol. The summed E-state index contributed by atoms with van der Waals surface area (Å²) in [5.41, 5.74) is 1.32. The van der Waals surface area contributed by atoms with Crippen molar-refractivity contribution in [2.75, 3.05) is 11.9 Å². The zero-order valence-corrected chi connectivity index (χ0v) is 12.4. The fourth-order valence-corrected chi connectivity index (χ4v) is 3.05. The molecule has 2 aromatic heterocycles. The van der Waals surface area contributed by atoms with Crippen LogP contribution in [0.2, 0.25) is 0 Å². The number of hydrogen-bond donors (Lipinski definition) is 1. The van der Waals surface area contributed by atoms with Gasteiger partial charge >= 0.3 is 0 Å². The van der Waals surface area contributed by atoms with Crippen molar-refractivity contribution < 1.29 is 0 Å². The molecule has 4 heteroatoms. The quantitative estimate of drug-likeness (QED) is 0.883. The van der Waals surface area contributed by atoms with E-state index in [0.29, 0.717) is 0 Å². The van der Waals surface area contributed by atoms with E-state index in [1.54, 1.807) is 11.3 Å². The van der Waals surface area contributed by atoms with Gasteiger partial charge in [0.15, 0.2) is 0 Å². The fourth-order valence-electron chi connectivity index (χ4n) is 2.00. The first-order chi connectivity index (χ1) is 8.67. The molecule has 0 amide bonds. The summed E-state index contributed by atoms with van der Waals surface area (Å²) in [6.07, 6.45) is 3.14. The molecule has 0 unspecified atom stereocenters. The van der Waals surface area contributed by atoms with Gasteiger partial charge in [-0.2, -0.15) is 0 Å². The number of rotatable bonds is 5. The second-order valence-corrected chi connectivity index (χ2v) is 5.83. The Hall–Kier alpha value is -1.16. The maximum absolute atomic E-state index is 4.69. The van der Waals surface area contributed by atoms with Crippen LogP contribution < -0.4 is 5.32 Å². The van der Waals surface area contributed by atoms with Crippen LogP contribution in [0.15, 0.2) is 0 Å². The van der Waals surface area contributed by atoms with Gasteiger partial charge in [0.05, 0.1) is 5.39 Å². The molecule has 0 aliphatic carbocycles. The van der Waals surface area contributed by atoms with E-state index in [0.717, 1.165) is 42.3 Å². The zero-order valence-electron chi connectivity index (χ0n) is 11.6. The summed E-state index contributed by atoms with van der Waals surface area (Å²) in [6, 6.07) is 0. The number of nitrogens with one attached hydrogen (secondary N) is 1. The molecule has 0 aliphatic rings. The van der Waals surface area contributed by atoms with Gasteiger partial charge in [0, 0.05) is 17.8 Å². The largest absolute Gasteiger partial charge is 0.369 e. The Balaban J connectivity index is 2.54. The van der Waals surface area contributed by atoms with Gasteiger partial charge in [0.1, 0.15) is 16.5 Å². The molecular formula is C14H21N3S. The molecule has 0 bridgehead atoms. The molecule has 2 aromatic rings. The van der Waals surface area contributed by atoms with Crippen molar-refractivity contribution in [1.82, 2.24) is 9.97 Å². The molecule has 0 fully saturated rings. The van der Waals surface area contributed by atoms with Crippen molar-refractivity contribution >= 4 is 27.4 Å². The summed E-state index contributed by atoms with van der Waals surface area (Å²) < 4.78 is 0. The van der Waals surface area contributed by atoms with E-state index in [4.69, 9.17) is 0 Å². The Bertz CT molecular complexity index is 545. The first kappa shape index (κ1) is 13.3. The van der Waals surface area contributed by atoms with Gasteiger partial charge in [-0.1, -0.05) is 13.8 Å². The Labute approximate surface area is 113 Å². The third-order valence-corrected chi connectivity index (χ3v) is 4.19. The second kappa shape index (κ2) is 5.65. The molecule has 0 radical (unpaired) electrons. The third kappa shape index (κ3) is 2.48. The van der Waals surface area contributed by atoms with Crippen LogP contribution in [0.5, 0.6) is 0 Å². The number of hydrogen-bond acceptors (Lipinski definition) is 4. The van der Waals surface area contributed by atoms with Gasteiger partial charge < -0.3 is 5.32 Å². The van der Waals surface area contributed by atoms with Gasteiger partial charge in [0.25, 0.3) is 0 Å². The van der Waals surface area contributed by atoms with E-state index < -0.39 is 0 Å². The molecule has 0 spiro atoms. The van der Waals surface area contributed by atoms with E-state index in [1.807, 2.05) is 0 Å². The molecule has 0 saturated heterocycles. The minimum absolute atomic E-state index is 0.951. The first-order valence-corrected chi connectivity index (χ1v) is 7.49. The lowest BCUT2D eigenvalue weighted by Gasteiger charge is -2.08. The number of nitrogens with zero attached hydrogens (tertiary/aromatic N) is 2. The van der Waals surface area contributed by atoms with Gasteiger partial charge in [0.2, 0.25) is 0 Å². The maximum atomic E-state index is 4.69. The predicted octanol–water partition coefficient (Wildman–Crippen LogP) is 4.08. The smallest absolute Gasteiger partial charge is 0.138 e. The molecule has 18 heavy (non-hydrogen) atoms. The van der Waals surface area contributed by atoms with Crippen molar-refractivity contribution in [3.63, 3.8) is 0 Å². The van der Waals surface area contributed by atoms with Crippen molar-refractivity contribution in [3.05, 3.63) is 16.3 Å². The van der Waals surface area contributed by atoms with Crippen molar-refractivity contribution in [3.8, 4) is 0 Å². The summed E-state index contributed by atoms with van der Waals surface area (Å²) in [4.78, 5) is 11.8. The van der Waals surface area contributed by atoms with Crippen molar-refractivity contribution in [1.29, 1.82) is 0 Å². The number of anilines is 1. The average molecular weight is 263 g/mol. The van der Waals surface area contributed by atoms with E-state index >= 15 is 0 Å². The van der Waals surface area contributed by atoms with Crippen LogP contribution in [-0.4, -0.2) is 16.5 Å². The van der Waals surface area contributed by atoms with E-state index in [1.165, 1.54) is 15.8 Å². The Morgan fingerprint density at radius 1 is 1.11 bits per heavy atom. The van der Waals surface area contributed by atoms with Crippen LogP contribution in [0.3, 0.4) is 0 Å². The molecule has 98 valence electrons. The van der Waals surface area contributed by atoms with Crippen molar-refractivity contribution in [2.24, 2.45) is 0 Å². The maximum Gasteiger partial charge on any atom is 0.138 e. The lowest BCUT2D eigenvalue weighted by molar-refractivity contribution is 0.843. The van der Waals surface area contributed by atoms with Crippen molar-refractivity contribution in [2.45, 2.75) is 47.0 Å². The first-order valence-electron chi connectivity index (χ1n) is 6.67. The Morgan fingerprint density at radius 3 is 2.56 bits per heavy atom. The summed E-state index contributed by atoms with van der Waals surface area (Å²) in [5.74, 6) is 1.98. The van der Waals surface area contributed by atoms with E-state index in [-0.39, 0.29) is 0 Å². The molecule has 2 heterocycles. The molecule has 0 atom stereocenters. The topological polar surface area (TPSA) is 37.8 Å². The molecule has 1 N–H and O–H groups in total. The minimum atomic E-state index is 0.951. The lowest BCUT2D eigenvalue weighted by Crippen LogP contribution is -2.05. The summed E-state index contributed by atoms with van der Waals surface area (Å²) in [5, 5.41) is 4.66. The number of fused-ring (bicyclic) bond motifs is 1. The fraction of sp³-hybridized carbons (Fsp3) is 0.571. The van der Waals surface area contributed by atoms with Gasteiger partial charge in [-0.05, 0) is 32.3 Å². The number of aromatic nitrogens is 2. The Morgan fingerprint density at radius 2 is 1.89 bits per heavy atom. The second-order valence-electron chi connectivity index (χ2n) is 4.63. The molecule has 0 saturated carbocycles. The van der Waals surface area contributed by atoms with Gasteiger partial charge in [-0.15, -0.1) is 11.3 Å². The molecule has 3 nitrogen and oxygen atoms in total. The van der Waals surface area contributed by atoms with Crippen LogP contribution in [0.4, 0.5) is 5.82 Å². The van der Waals surface area contributed by atoms with Gasteiger partial charge in [-0.3, -0.25) is 0 Å². The molecule has 0 aliphatic heterocycles. The van der Waals surface area contributed by atoms with Crippen LogP contribution >= 0.6 is 11.3 Å². The summed E-state index contributed by atoms with van der Waals surface area (Å²) in [7, 11) is 0. The molecular weight excluding hydrogens is 242 g/mol. The van der Waals surface area contributed by atoms with E-state index in [2.05, 4.69) is 43.0 Å². The summed E-state index contributed by atoms with van der Waals surface area (Å²) in [6.45, 7) is 9.62. The van der Waals surface area contributed by atoms with Gasteiger partial charge in [-0.25, -0.2) is 9.97 Å². The highest BCUT2D eigenvalue weighted by Gasteiger charge is 2.13. The van der Waals surface area contributed by atoms with Crippen LogP contribution in [0.1, 0.15) is 43.0 Å². The monoisotopic (exact) mass is 263 g/mol. The van der Waals surface area contributed by atoms with E-state index in [9.17, 15) is 0 Å². The normalized spacial score (nSPS) is 11.1. The molecule has 0 aromatic carbocycles. The minimum Gasteiger partial charge on any atom is -0.369 e. The average Bonchev–Trinajstić information content (AvgIpc) is 2.63.